The van der Waals surface area contributed by atoms with Crippen molar-refractivity contribution in [1.29, 1.82) is 0 Å². The highest BCUT2D eigenvalue weighted by atomic mass is 79.9. The molecule has 1 aliphatic rings. The molecule has 0 saturated carbocycles. The van der Waals surface area contributed by atoms with E-state index in [0.717, 1.165) is 28.8 Å². The van der Waals surface area contributed by atoms with E-state index >= 15 is 0 Å². The van der Waals surface area contributed by atoms with Crippen LogP contribution in [0.1, 0.15) is 11.1 Å². The fourth-order valence-corrected chi connectivity index (χ4v) is 3.20. The molecule has 3 rings (SSSR count). The van der Waals surface area contributed by atoms with E-state index in [4.69, 9.17) is 4.74 Å². The summed E-state index contributed by atoms with van der Waals surface area (Å²) >= 11 is 3.30. The average molecular weight is 419 g/mol. The zero-order valence-corrected chi connectivity index (χ0v) is 15.8. The van der Waals surface area contributed by atoms with Gasteiger partial charge in [0, 0.05) is 41.4 Å². The molecule has 26 heavy (non-hydrogen) atoms. The number of rotatable bonds is 5. The van der Waals surface area contributed by atoms with E-state index in [0.29, 0.717) is 25.3 Å². The number of nitrogens with zero attached hydrogens (tertiary/aromatic N) is 1. The summed E-state index contributed by atoms with van der Waals surface area (Å²) in [6, 6.07) is 12.6. The number of carbonyl (C=O) groups excluding carboxylic acids is 1. The second kappa shape index (κ2) is 8.96. The molecule has 1 fully saturated rings. The van der Waals surface area contributed by atoms with Crippen LogP contribution < -0.4 is 10.2 Å². The van der Waals surface area contributed by atoms with Gasteiger partial charge in [-0.25, -0.2) is 4.39 Å². The first-order valence-electron chi connectivity index (χ1n) is 8.45. The minimum atomic E-state index is -0.366. The summed E-state index contributed by atoms with van der Waals surface area (Å²) in [6.45, 7) is 3.51. The van der Waals surface area contributed by atoms with Crippen molar-refractivity contribution in [2.24, 2.45) is 0 Å². The lowest BCUT2D eigenvalue weighted by Gasteiger charge is -2.30. The molecular weight excluding hydrogens is 399 g/mol. The van der Waals surface area contributed by atoms with Crippen LogP contribution in [0.3, 0.4) is 0 Å². The molecule has 6 heteroatoms. The Morgan fingerprint density at radius 3 is 2.81 bits per heavy atom. The Labute approximate surface area is 160 Å². The van der Waals surface area contributed by atoms with Crippen molar-refractivity contribution in [2.45, 2.75) is 6.54 Å². The lowest BCUT2D eigenvalue weighted by Crippen LogP contribution is -2.37. The van der Waals surface area contributed by atoms with Crippen molar-refractivity contribution in [1.82, 2.24) is 5.32 Å². The van der Waals surface area contributed by atoms with E-state index in [-0.39, 0.29) is 11.7 Å². The normalized spacial score (nSPS) is 14.6. The predicted octanol–water partition coefficient (Wildman–Crippen LogP) is 3.75. The minimum absolute atomic E-state index is 0.263. The molecular formula is C20H20BrFN2O2. The topological polar surface area (TPSA) is 41.6 Å². The molecule has 0 aliphatic carbocycles. The Kier molecular flexibility index (Phi) is 6.41. The largest absolute Gasteiger partial charge is 0.378 e. The van der Waals surface area contributed by atoms with Gasteiger partial charge in [0.15, 0.2) is 0 Å². The van der Waals surface area contributed by atoms with E-state index in [1.165, 1.54) is 18.2 Å². The van der Waals surface area contributed by atoms with Gasteiger partial charge in [0.1, 0.15) is 5.82 Å². The molecule has 1 saturated heterocycles. The maximum atomic E-state index is 13.7. The van der Waals surface area contributed by atoms with Crippen molar-refractivity contribution in [3.05, 3.63) is 70.0 Å². The summed E-state index contributed by atoms with van der Waals surface area (Å²) in [5.74, 6) is -0.629. The maximum Gasteiger partial charge on any atom is 0.244 e. The second-order valence-corrected chi connectivity index (χ2v) is 6.86. The van der Waals surface area contributed by atoms with E-state index in [9.17, 15) is 9.18 Å². The summed E-state index contributed by atoms with van der Waals surface area (Å²) < 4.78 is 19.9. The van der Waals surface area contributed by atoms with Crippen LogP contribution in [0.2, 0.25) is 0 Å². The van der Waals surface area contributed by atoms with Crippen LogP contribution in [-0.2, 0) is 16.1 Å². The molecule has 2 aromatic carbocycles. The molecule has 2 aromatic rings. The average Bonchev–Trinajstić information content (AvgIpc) is 2.68. The third-order valence-corrected chi connectivity index (χ3v) is 4.66. The molecule has 0 unspecified atom stereocenters. The number of halogens is 2. The van der Waals surface area contributed by atoms with Gasteiger partial charge in [-0.2, -0.15) is 0 Å². The Morgan fingerprint density at radius 1 is 1.23 bits per heavy atom. The number of anilines is 1. The van der Waals surface area contributed by atoms with Gasteiger partial charge in [-0.05, 0) is 35.9 Å². The number of nitrogens with one attached hydrogen (secondary N) is 1. The molecule has 0 spiro atoms. The summed E-state index contributed by atoms with van der Waals surface area (Å²) in [7, 11) is 0. The van der Waals surface area contributed by atoms with Crippen LogP contribution in [0.25, 0.3) is 6.08 Å². The van der Waals surface area contributed by atoms with Crippen LogP contribution in [0.15, 0.2) is 53.0 Å². The van der Waals surface area contributed by atoms with Crippen molar-refractivity contribution in [2.75, 3.05) is 31.2 Å². The van der Waals surface area contributed by atoms with Crippen molar-refractivity contribution in [3.8, 4) is 0 Å². The first-order chi connectivity index (χ1) is 12.6. The lowest BCUT2D eigenvalue weighted by atomic mass is 10.1. The van der Waals surface area contributed by atoms with E-state index < -0.39 is 0 Å². The molecule has 1 heterocycles. The van der Waals surface area contributed by atoms with Gasteiger partial charge in [0.05, 0.1) is 13.2 Å². The van der Waals surface area contributed by atoms with Crippen molar-refractivity contribution < 1.29 is 13.9 Å². The molecule has 0 radical (unpaired) electrons. The molecule has 1 amide bonds. The third-order valence-electron chi connectivity index (χ3n) is 4.17. The molecule has 1 N–H and O–H groups in total. The predicted molar refractivity (Wildman–Crippen MR) is 104 cm³/mol. The fraction of sp³-hybridized carbons (Fsp3) is 0.250. The molecule has 4 nitrogen and oxygen atoms in total. The second-order valence-electron chi connectivity index (χ2n) is 5.95. The van der Waals surface area contributed by atoms with Crippen molar-refractivity contribution in [3.63, 3.8) is 0 Å². The standard InChI is InChI=1S/C20H20BrFN2O2/c21-17-6-7-18(22)15(13-17)5-8-20(25)23-14-16-3-1-2-4-19(16)24-9-11-26-12-10-24/h1-8,13H,9-12,14H2,(H,23,25)/b8-5-. The number of ether oxygens (including phenoxy) is 1. The van der Waals surface area contributed by atoms with Gasteiger partial charge in [-0.15, -0.1) is 0 Å². The number of hydrogen-bond acceptors (Lipinski definition) is 3. The zero-order valence-electron chi connectivity index (χ0n) is 14.3. The van der Waals surface area contributed by atoms with Gasteiger partial charge in [0.2, 0.25) is 5.91 Å². The summed E-state index contributed by atoms with van der Waals surface area (Å²) in [4.78, 5) is 14.4. The quantitative estimate of drug-likeness (QED) is 0.751. The Bertz CT molecular complexity index is 804. The number of para-hydroxylation sites is 1. The van der Waals surface area contributed by atoms with Gasteiger partial charge < -0.3 is 15.0 Å². The Morgan fingerprint density at radius 2 is 2.00 bits per heavy atom. The van der Waals surface area contributed by atoms with Crippen LogP contribution in [-0.4, -0.2) is 32.2 Å². The smallest absolute Gasteiger partial charge is 0.244 e. The lowest BCUT2D eigenvalue weighted by molar-refractivity contribution is -0.116. The number of amides is 1. The number of carbonyl (C=O) groups is 1. The highest BCUT2D eigenvalue weighted by molar-refractivity contribution is 9.10. The molecule has 0 atom stereocenters. The highest BCUT2D eigenvalue weighted by Gasteiger charge is 2.14. The molecule has 0 bridgehead atoms. The van der Waals surface area contributed by atoms with E-state index in [1.54, 1.807) is 12.1 Å². The number of hydrogen-bond donors (Lipinski definition) is 1. The minimum Gasteiger partial charge on any atom is -0.378 e. The zero-order chi connectivity index (χ0) is 18.4. The van der Waals surface area contributed by atoms with E-state index in [1.807, 2.05) is 18.2 Å². The summed E-state index contributed by atoms with van der Waals surface area (Å²) in [5.41, 5.74) is 2.52. The molecule has 1 aliphatic heterocycles. The van der Waals surface area contributed by atoms with Gasteiger partial charge >= 0.3 is 0 Å². The summed E-state index contributed by atoms with van der Waals surface area (Å²) in [5, 5.41) is 2.86. The maximum absolute atomic E-state index is 13.7. The number of morpholine rings is 1. The van der Waals surface area contributed by atoms with Crippen LogP contribution in [0, 0.1) is 5.82 Å². The van der Waals surface area contributed by atoms with Crippen LogP contribution >= 0.6 is 15.9 Å². The molecule has 136 valence electrons. The van der Waals surface area contributed by atoms with Crippen LogP contribution in [0.5, 0.6) is 0 Å². The van der Waals surface area contributed by atoms with Crippen molar-refractivity contribution >= 4 is 33.6 Å². The van der Waals surface area contributed by atoms with E-state index in [2.05, 4.69) is 32.2 Å². The third kappa shape index (κ3) is 4.93. The Hall–Kier alpha value is -2.18. The number of benzene rings is 2. The monoisotopic (exact) mass is 418 g/mol. The molecule has 0 aromatic heterocycles. The van der Waals surface area contributed by atoms with Gasteiger partial charge in [-0.1, -0.05) is 34.1 Å². The summed E-state index contributed by atoms with van der Waals surface area (Å²) in [6.07, 6.45) is 2.82. The van der Waals surface area contributed by atoms with Gasteiger partial charge in [-0.3, -0.25) is 4.79 Å². The van der Waals surface area contributed by atoms with Crippen LogP contribution in [0.4, 0.5) is 10.1 Å². The van der Waals surface area contributed by atoms with Gasteiger partial charge in [0.25, 0.3) is 0 Å². The SMILES string of the molecule is O=C(/C=C\c1cc(Br)ccc1F)NCc1ccccc1N1CCOCC1. The first-order valence-corrected chi connectivity index (χ1v) is 9.24. The fourth-order valence-electron chi connectivity index (χ4n) is 2.82. The Balaban J connectivity index is 1.63. The highest BCUT2D eigenvalue weighted by Crippen LogP contribution is 2.21. The first kappa shape index (κ1) is 18.6.